The fourth-order valence-corrected chi connectivity index (χ4v) is 3.10. The molecule has 0 aliphatic rings. The van der Waals surface area contributed by atoms with E-state index in [2.05, 4.69) is 24.0 Å². The zero-order valence-electron chi connectivity index (χ0n) is 13.5. The number of benzene rings is 1. The summed E-state index contributed by atoms with van der Waals surface area (Å²) in [4.78, 5) is 10.8. The number of aromatic nitrogens is 3. The van der Waals surface area contributed by atoms with Crippen LogP contribution in [-0.4, -0.2) is 43.6 Å². The molecule has 0 spiro atoms. The van der Waals surface area contributed by atoms with Crippen molar-refractivity contribution in [1.82, 2.24) is 14.9 Å². The van der Waals surface area contributed by atoms with Crippen molar-refractivity contribution in [2.45, 2.75) is 30.0 Å². The fraction of sp³-hybridized carbons (Fsp3) is 0.400. The summed E-state index contributed by atoms with van der Waals surface area (Å²) in [5, 5.41) is 18.2. The lowest BCUT2D eigenvalue weighted by molar-refractivity contribution is 0.0697. The second-order valence-corrected chi connectivity index (χ2v) is 7.78. The van der Waals surface area contributed by atoms with Crippen LogP contribution >= 0.6 is 23.5 Å². The lowest BCUT2D eigenvalue weighted by atomic mass is 10.2. The summed E-state index contributed by atoms with van der Waals surface area (Å²) in [6, 6.07) is 6.31. The van der Waals surface area contributed by atoms with Crippen LogP contribution in [0.25, 0.3) is 0 Å². The topological polar surface area (TPSA) is 103 Å². The minimum Gasteiger partial charge on any atom is -0.493 e. The Balaban J connectivity index is 1.77. The van der Waals surface area contributed by atoms with Gasteiger partial charge in [0, 0.05) is 5.75 Å². The summed E-state index contributed by atoms with van der Waals surface area (Å²) in [6.07, 6.45) is 0. The van der Waals surface area contributed by atoms with Crippen LogP contribution in [0.2, 0.25) is 0 Å². The predicted octanol–water partition coefficient (Wildman–Crippen LogP) is 2.50. The maximum atomic E-state index is 10.8. The van der Waals surface area contributed by atoms with Crippen molar-refractivity contribution in [2.24, 2.45) is 0 Å². The van der Waals surface area contributed by atoms with Crippen LogP contribution in [0.15, 0.2) is 29.4 Å². The minimum atomic E-state index is -0.953. The zero-order valence-corrected chi connectivity index (χ0v) is 15.1. The number of carboxylic acid groups (broad SMARTS) is 1. The number of rotatable bonds is 9. The van der Waals surface area contributed by atoms with Crippen LogP contribution < -0.4 is 10.6 Å². The summed E-state index contributed by atoms with van der Waals surface area (Å²) in [5.74, 6) is 7.81. The highest BCUT2D eigenvalue weighted by Crippen LogP contribution is 2.20. The van der Waals surface area contributed by atoms with Crippen molar-refractivity contribution in [3.8, 4) is 5.75 Å². The van der Waals surface area contributed by atoms with E-state index in [1.54, 1.807) is 23.9 Å². The number of carbonyl (C=O) groups is 1. The number of carboxylic acids is 1. The number of thioether (sulfide) groups is 2. The molecule has 0 aliphatic heterocycles. The first-order valence-corrected chi connectivity index (χ1v) is 9.40. The van der Waals surface area contributed by atoms with Gasteiger partial charge in [0.25, 0.3) is 0 Å². The van der Waals surface area contributed by atoms with Crippen molar-refractivity contribution < 1.29 is 14.6 Å². The van der Waals surface area contributed by atoms with Gasteiger partial charge in [0.2, 0.25) is 5.16 Å². The molecule has 0 unspecified atom stereocenters. The van der Waals surface area contributed by atoms with Crippen molar-refractivity contribution in [3.63, 3.8) is 0 Å². The maximum absolute atomic E-state index is 10.8. The van der Waals surface area contributed by atoms with Gasteiger partial charge >= 0.3 is 5.97 Å². The minimum absolute atomic E-state index is 0.236. The molecule has 130 valence electrons. The Morgan fingerprint density at radius 3 is 2.67 bits per heavy atom. The van der Waals surface area contributed by atoms with E-state index in [0.29, 0.717) is 28.5 Å². The summed E-state index contributed by atoms with van der Waals surface area (Å²) in [7, 11) is 0. The third kappa shape index (κ3) is 5.34. The van der Waals surface area contributed by atoms with Crippen molar-refractivity contribution in [3.05, 3.63) is 35.7 Å². The highest BCUT2D eigenvalue weighted by Gasteiger charge is 2.11. The highest BCUT2D eigenvalue weighted by atomic mass is 32.2. The van der Waals surface area contributed by atoms with E-state index in [9.17, 15) is 4.79 Å². The van der Waals surface area contributed by atoms with Crippen LogP contribution in [0.3, 0.4) is 0 Å². The van der Waals surface area contributed by atoms with Crippen molar-refractivity contribution >= 4 is 29.5 Å². The van der Waals surface area contributed by atoms with Gasteiger partial charge in [0.05, 0.1) is 17.9 Å². The molecule has 0 radical (unpaired) electrons. The Morgan fingerprint density at radius 1 is 1.33 bits per heavy atom. The molecule has 3 N–H and O–H groups in total. The summed E-state index contributed by atoms with van der Waals surface area (Å²) in [6.45, 7) is 4.70. The first kappa shape index (κ1) is 18.5. The first-order valence-electron chi connectivity index (χ1n) is 7.37. The van der Waals surface area contributed by atoms with Crippen LogP contribution in [-0.2, 0) is 5.75 Å². The number of hydrogen-bond acceptors (Lipinski definition) is 7. The third-order valence-electron chi connectivity index (χ3n) is 2.97. The Kier molecular flexibility index (Phi) is 6.80. The van der Waals surface area contributed by atoms with Gasteiger partial charge in [-0.25, -0.2) is 9.47 Å². The van der Waals surface area contributed by atoms with Gasteiger partial charge in [0.15, 0.2) is 5.82 Å². The predicted molar refractivity (Wildman–Crippen MR) is 96.2 cm³/mol. The third-order valence-corrected chi connectivity index (χ3v) is 4.96. The molecule has 7 nitrogen and oxygen atoms in total. The smallest absolute Gasteiger partial charge is 0.335 e. The lowest BCUT2D eigenvalue weighted by Crippen LogP contribution is -2.14. The molecular formula is C15H20N4O3S2. The van der Waals surface area contributed by atoms with E-state index >= 15 is 0 Å². The Bertz CT molecular complexity index is 674. The van der Waals surface area contributed by atoms with Gasteiger partial charge in [-0.3, -0.25) is 0 Å². The molecule has 0 aliphatic carbocycles. The monoisotopic (exact) mass is 368 g/mol. The molecule has 0 atom stereocenters. The number of nitrogen functional groups attached to an aromatic ring is 1. The van der Waals surface area contributed by atoms with E-state index in [4.69, 9.17) is 15.7 Å². The van der Waals surface area contributed by atoms with E-state index in [1.807, 2.05) is 0 Å². The fourth-order valence-electron chi connectivity index (χ4n) is 1.73. The number of ether oxygens (including phenoxy) is 1. The maximum Gasteiger partial charge on any atom is 0.335 e. The average molecular weight is 368 g/mol. The van der Waals surface area contributed by atoms with Crippen LogP contribution in [0.4, 0.5) is 0 Å². The second kappa shape index (κ2) is 8.84. The van der Waals surface area contributed by atoms with Gasteiger partial charge < -0.3 is 15.7 Å². The molecule has 0 saturated carbocycles. The normalized spacial score (nSPS) is 11.0. The molecule has 9 heteroatoms. The zero-order chi connectivity index (χ0) is 17.5. The standard InChI is InChI=1S/C15H20N4O3S2/c1-10(2)24-9-13-17-18-15(19(13)16)23-8-7-22-12-5-3-11(4-6-12)14(20)21/h3-6,10H,7-9,16H2,1-2H3,(H,20,21). The molecular weight excluding hydrogens is 348 g/mol. The average Bonchev–Trinajstić information content (AvgIpc) is 2.90. The number of nitrogens with zero attached hydrogens (tertiary/aromatic N) is 3. The quantitative estimate of drug-likeness (QED) is 0.395. The van der Waals surface area contributed by atoms with Crippen molar-refractivity contribution in [1.29, 1.82) is 0 Å². The number of hydrogen-bond donors (Lipinski definition) is 2. The summed E-state index contributed by atoms with van der Waals surface area (Å²) in [5.41, 5.74) is 0.236. The van der Waals surface area contributed by atoms with Crippen LogP contribution in [0, 0.1) is 0 Å². The molecule has 0 bridgehead atoms. The van der Waals surface area contributed by atoms with E-state index in [1.165, 1.54) is 28.6 Å². The second-order valence-electron chi connectivity index (χ2n) is 5.16. The lowest BCUT2D eigenvalue weighted by Gasteiger charge is -2.07. The molecule has 0 amide bonds. The van der Waals surface area contributed by atoms with E-state index < -0.39 is 5.97 Å². The van der Waals surface area contributed by atoms with Gasteiger partial charge in [-0.15, -0.1) is 10.2 Å². The molecule has 1 aromatic heterocycles. The SMILES string of the molecule is CC(C)SCc1nnc(SCCOc2ccc(C(=O)O)cc2)n1N. The molecule has 2 aromatic rings. The van der Waals surface area contributed by atoms with E-state index in [-0.39, 0.29) is 5.56 Å². The Labute approximate surface area is 148 Å². The van der Waals surface area contributed by atoms with Crippen LogP contribution in [0.5, 0.6) is 5.75 Å². The van der Waals surface area contributed by atoms with Gasteiger partial charge in [-0.05, 0) is 29.5 Å². The molecule has 24 heavy (non-hydrogen) atoms. The first-order chi connectivity index (χ1) is 11.5. The molecule has 0 saturated heterocycles. The van der Waals surface area contributed by atoms with Gasteiger partial charge in [-0.2, -0.15) is 11.8 Å². The van der Waals surface area contributed by atoms with Gasteiger partial charge in [0.1, 0.15) is 5.75 Å². The molecule has 1 heterocycles. The summed E-state index contributed by atoms with van der Waals surface area (Å²) >= 11 is 3.23. The molecule has 2 rings (SSSR count). The highest BCUT2D eigenvalue weighted by molar-refractivity contribution is 7.99. The summed E-state index contributed by atoms with van der Waals surface area (Å²) < 4.78 is 7.09. The van der Waals surface area contributed by atoms with E-state index in [0.717, 1.165) is 11.6 Å². The number of nitrogens with two attached hydrogens (primary N) is 1. The van der Waals surface area contributed by atoms with Gasteiger partial charge in [-0.1, -0.05) is 25.6 Å². The molecule has 1 aromatic carbocycles. The molecule has 0 fully saturated rings. The number of aromatic carboxylic acids is 1. The van der Waals surface area contributed by atoms with Crippen LogP contribution in [0.1, 0.15) is 30.0 Å². The van der Waals surface area contributed by atoms with Crippen molar-refractivity contribution in [2.75, 3.05) is 18.2 Å². The Morgan fingerprint density at radius 2 is 2.04 bits per heavy atom. The largest absolute Gasteiger partial charge is 0.493 e. The Hall–Kier alpha value is -1.87.